The smallest absolute Gasteiger partial charge is 0.251 e. The van der Waals surface area contributed by atoms with Crippen molar-refractivity contribution in [2.24, 2.45) is 0 Å². The van der Waals surface area contributed by atoms with Crippen LogP contribution in [-0.2, 0) is 17.0 Å². The maximum Gasteiger partial charge on any atom is 0.251 e. The van der Waals surface area contributed by atoms with E-state index in [1.807, 2.05) is 42.5 Å². The molecule has 0 radical (unpaired) electrons. The molecule has 47 heavy (non-hydrogen) atoms. The van der Waals surface area contributed by atoms with E-state index in [9.17, 15) is 4.79 Å². The Morgan fingerprint density at radius 3 is 2.47 bits per heavy atom. The lowest BCUT2D eigenvalue weighted by atomic mass is 10.1. The summed E-state index contributed by atoms with van der Waals surface area (Å²) in [5, 5.41) is 3.80. The van der Waals surface area contributed by atoms with Crippen LogP contribution in [0.5, 0.6) is 11.5 Å². The number of aromatic nitrogens is 2. The average molecular weight is 653 g/mol. The number of benzene rings is 3. The molecular weight excluding hydrogens is 613 g/mol. The first-order valence-corrected chi connectivity index (χ1v) is 17.3. The summed E-state index contributed by atoms with van der Waals surface area (Å²) in [4.78, 5) is 30.0. The maximum atomic E-state index is 12.9. The highest BCUT2D eigenvalue weighted by molar-refractivity contribution is 7.98. The first kappa shape index (κ1) is 31.4. The number of ether oxygens (including phenoxy) is 3. The van der Waals surface area contributed by atoms with Gasteiger partial charge in [0.05, 0.1) is 18.9 Å². The predicted octanol–water partition coefficient (Wildman–Crippen LogP) is 4.55. The monoisotopic (exact) mass is 652 g/mol. The molecule has 4 heterocycles. The minimum absolute atomic E-state index is 0.0487. The van der Waals surface area contributed by atoms with E-state index in [-0.39, 0.29) is 5.91 Å². The number of anilines is 1. The minimum atomic E-state index is -0.0487. The van der Waals surface area contributed by atoms with Gasteiger partial charge in [-0.3, -0.25) is 14.6 Å². The van der Waals surface area contributed by atoms with Gasteiger partial charge in [0.2, 0.25) is 6.79 Å². The van der Waals surface area contributed by atoms with Crippen LogP contribution in [-0.4, -0.2) is 98.0 Å². The van der Waals surface area contributed by atoms with Gasteiger partial charge in [-0.2, -0.15) is 0 Å². The molecule has 244 valence electrons. The van der Waals surface area contributed by atoms with Gasteiger partial charge in [0.15, 0.2) is 16.7 Å². The van der Waals surface area contributed by atoms with E-state index in [1.54, 1.807) is 11.8 Å². The Labute approximate surface area is 280 Å². The molecule has 0 aliphatic carbocycles. The highest BCUT2D eigenvalue weighted by Crippen LogP contribution is 2.33. The Morgan fingerprint density at radius 2 is 1.62 bits per heavy atom. The topological polar surface area (TPSA) is 92.3 Å². The Balaban J connectivity index is 0.990. The lowest BCUT2D eigenvalue weighted by Crippen LogP contribution is -2.46. The molecule has 0 bridgehead atoms. The summed E-state index contributed by atoms with van der Waals surface area (Å²) >= 11 is 1.60. The number of piperazine rings is 1. The van der Waals surface area contributed by atoms with Crippen LogP contribution < -0.4 is 19.7 Å². The van der Waals surface area contributed by atoms with Crippen molar-refractivity contribution < 1.29 is 19.0 Å². The highest BCUT2D eigenvalue weighted by Gasteiger charge is 2.21. The minimum Gasteiger partial charge on any atom is -0.454 e. The SMILES string of the molecule is O=C(NCCN1CCOCC1)c1cccc(CSc2nc(-c3ccccc3)cc(N3CCN(Cc4ccc5c(c4)OCO5)CC3)n2)c1. The van der Waals surface area contributed by atoms with E-state index in [2.05, 4.69) is 56.4 Å². The van der Waals surface area contributed by atoms with E-state index < -0.39 is 0 Å². The van der Waals surface area contributed by atoms with Gasteiger partial charge in [-0.25, -0.2) is 9.97 Å². The zero-order valence-corrected chi connectivity index (χ0v) is 27.3. The van der Waals surface area contributed by atoms with E-state index in [1.165, 1.54) is 5.56 Å². The van der Waals surface area contributed by atoms with Crippen molar-refractivity contribution in [1.29, 1.82) is 0 Å². The first-order chi connectivity index (χ1) is 23.2. The molecule has 0 spiro atoms. The van der Waals surface area contributed by atoms with Gasteiger partial charge in [0.1, 0.15) is 5.82 Å². The van der Waals surface area contributed by atoms with Crippen LogP contribution in [0.2, 0.25) is 0 Å². The summed E-state index contributed by atoms with van der Waals surface area (Å²) in [6, 6.07) is 26.4. The molecule has 3 aliphatic heterocycles. The summed E-state index contributed by atoms with van der Waals surface area (Å²) in [5.74, 6) is 3.20. The van der Waals surface area contributed by atoms with Crippen LogP contribution >= 0.6 is 11.8 Å². The van der Waals surface area contributed by atoms with Gasteiger partial charge in [-0.1, -0.05) is 60.3 Å². The van der Waals surface area contributed by atoms with Gasteiger partial charge < -0.3 is 24.4 Å². The number of thioether (sulfide) groups is 1. The first-order valence-electron chi connectivity index (χ1n) is 16.3. The second-order valence-electron chi connectivity index (χ2n) is 11.9. The van der Waals surface area contributed by atoms with Crippen LogP contribution in [0.1, 0.15) is 21.5 Å². The molecule has 3 aromatic carbocycles. The molecule has 1 N–H and O–H groups in total. The molecule has 11 heteroatoms. The Morgan fingerprint density at radius 1 is 0.787 bits per heavy atom. The molecule has 2 saturated heterocycles. The third-order valence-electron chi connectivity index (χ3n) is 8.68. The second kappa shape index (κ2) is 15.2. The van der Waals surface area contributed by atoms with E-state index in [0.717, 1.165) is 105 Å². The zero-order valence-electron chi connectivity index (χ0n) is 26.5. The lowest BCUT2D eigenvalue weighted by molar-refractivity contribution is 0.0383. The quantitative estimate of drug-likeness (QED) is 0.184. The Bertz CT molecular complexity index is 1660. The molecule has 0 saturated carbocycles. The Kier molecular flexibility index (Phi) is 10.1. The summed E-state index contributed by atoms with van der Waals surface area (Å²) in [7, 11) is 0. The summed E-state index contributed by atoms with van der Waals surface area (Å²) < 4.78 is 16.5. The number of hydrogen-bond acceptors (Lipinski definition) is 10. The van der Waals surface area contributed by atoms with E-state index in [0.29, 0.717) is 24.7 Å². The summed E-state index contributed by atoms with van der Waals surface area (Å²) in [6.45, 7) is 9.57. The van der Waals surface area contributed by atoms with Crippen molar-refractivity contribution in [3.8, 4) is 22.8 Å². The van der Waals surface area contributed by atoms with Crippen molar-refractivity contribution in [3.63, 3.8) is 0 Å². The number of fused-ring (bicyclic) bond motifs is 1. The molecule has 0 atom stereocenters. The third kappa shape index (κ3) is 8.23. The molecular formula is C36H40N6O4S. The molecule has 2 fully saturated rings. The van der Waals surface area contributed by atoms with Crippen molar-refractivity contribution >= 4 is 23.5 Å². The molecule has 1 aromatic heterocycles. The van der Waals surface area contributed by atoms with Gasteiger partial charge in [0.25, 0.3) is 5.91 Å². The summed E-state index contributed by atoms with van der Waals surface area (Å²) in [5.41, 5.74) is 4.93. The standard InChI is InChI=1S/C36H40N6O4S/c43-35(37-11-12-40-17-19-44-20-18-40)30-8-4-5-28(21-30)25-47-36-38-31(29-6-2-1-3-7-29)23-34(39-36)42-15-13-41(14-16-42)24-27-9-10-32-33(22-27)46-26-45-32/h1-10,21-23H,11-20,24-26H2,(H,37,43). The molecule has 1 amide bonds. The number of nitrogens with zero attached hydrogens (tertiary/aromatic N) is 5. The van der Waals surface area contributed by atoms with Crippen molar-refractivity contribution in [1.82, 2.24) is 25.1 Å². The van der Waals surface area contributed by atoms with E-state index >= 15 is 0 Å². The Hall–Kier alpha value is -4.16. The number of carbonyl (C=O) groups excluding carboxylic acids is 1. The van der Waals surface area contributed by atoms with Crippen molar-refractivity contribution in [2.75, 3.05) is 77.3 Å². The number of nitrogens with one attached hydrogen (secondary N) is 1. The number of carbonyl (C=O) groups is 1. The number of rotatable bonds is 11. The second-order valence-corrected chi connectivity index (χ2v) is 12.9. The molecule has 10 nitrogen and oxygen atoms in total. The normalized spacial score (nSPS) is 16.7. The van der Waals surface area contributed by atoms with Crippen LogP contribution in [0.3, 0.4) is 0 Å². The molecule has 0 unspecified atom stereocenters. The molecule has 3 aliphatic rings. The van der Waals surface area contributed by atoms with Crippen LogP contribution in [0.4, 0.5) is 5.82 Å². The van der Waals surface area contributed by atoms with Crippen LogP contribution in [0, 0.1) is 0 Å². The summed E-state index contributed by atoms with van der Waals surface area (Å²) in [6.07, 6.45) is 0. The molecule has 4 aromatic rings. The zero-order chi connectivity index (χ0) is 31.8. The largest absolute Gasteiger partial charge is 0.454 e. The predicted molar refractivity (Wildman–Crippen MR) is 183 cm³/mol. The van der Waals surface area contributed by atoms with Crippen molar-refractivity contribution in [3.05, 3.63) is 95.6 Å². The van der Waals surface area contributed by atoms with Crippen LogP contribution in [0.25, 0.3) is 11.3 Å². The fraction of sp³-hybridized carbons (Fsp3) is 0.361. The molecule has 7 rings (SSSR count). The number of hydrogen-bond donors (Lipinski definition) is 1. The third-order valence-corrected chi connectivity index (χ3v) is 9.59. The van der Waals surface area contributed by atoms with Crippen LogP contribution in [0.15, 0.2) is 84.0 Å². The van der Waals surface area contributed by atoms with Crippen molar-refractivity contribution in [2.45, 2.75) is 17.5 Å². The van der Waals surface area contributed by atoms with E-state index in [4.69, 9.17) is 24.2 Å². The number of amides is 1. The fourth-order valence-electron chi connectivity index (χ4n) is 6.03. The van der Waals surface area contributed by atoms with Gasteiger partial charge in [-0.15, -0.1) is 0 Å². The van der Waals surface area contributed by atoms with Gasteiger partial charge in [0, 0.05) is 81.8 Å². The maximum absolute atomic E-state index is 12.9. The van der Waals surface area contributed by atoms with Gasteiger partial charge >= 0.3 is 0 Å². The average Bonchev–Trinajstić information content (AvgIpc) is 3.60. The van der Waals surface area contributed by atoms with Gasteiger partial charge in [-0.05, 0) is 35.4 Å². The number of morpholine rings is 1. The highest BCUT2D eigenvalue weighted by atomic mass is 32.2. The fourth-order valence-corrected chi connectivity index (χ4v) is 6.83. The lowest BCUT2D eigenvalue weighted by Gasteiger charge is -2.35.